The van der Waals surface area contributed by atoms with Gasteiger partial charge in [-0.1, -0.05) is 0 Å². The van der Waals surface area contributed by atoms with Gasteiger partial charge in [0.05, 0.1) is 6.07 Å². The molecule has 0 radical (unpaired) electrons. The number of rotatable bonds is 2. The molecular formula is C10H8F2N2O. The fourth-order valence-corrected chi connectivity index (χ4v) is 0.935. The summed E-state index contributed by atoms with van der Waals surface area (Å²) in [4.78, 5) is 11.2. The molecule has 1 rings (SSSR count). The van der Waals surface area contributed by atoms with Crippen molar-refractivity contribution < 1.29 is 13.6 Å². The lowest BCUT2D eigenvalue weighted by molar-refractivity contribution is -0.117. The number of carbonyl (C=O) groups is 1. The summed E-state index contributed by atoms with van der Waals surface area (Å²) in [6.45, 7) is 1.39. The summed E-state index contributed by atoms with van der Waals surface area (Å²) in [6, 6.07) is 4.37. The molecule has 0 saturated heterocycles. The van der Waals surface area contributed by atoms with Gasteiger partial charge in [-0.25, -0.2) is 8.78 Å². The van der Waals surface area contributed by atoms with Gasteiger partial charge in [-0.2, -0.15) is 5.26 Å². The van der Waals surface area contributed by atoms with Gasteiger partial charge in [-0.3, -0.25) is 4.79 Å². The Kier molecular flexibility index (Phi) is 3.34. The van der Waals surface area contributed by atoms with Crippen LogP contribution in [-0.4, -0.2) is 5.91 Å². The number of halogens is 2. The minimum atomic E-state index is -0.865. The summed E-state index contributed by atoms with van der Waals surface area (Å²) in [6.07, 6.45) is 0. The molecule has 15 heavy (non-hydrogen) atoms. The van der Waals surface area contributed by atoms with Crippen LogP contribution in [0.3, 0.4) is 0 Å². The van der Waals surface area contributed by atoms with Crippen molar-refractivity contribution in [2.45, 2.75) is 6.92 Å². The van der Waals surface area contributed by atoms with Crippen molar-refractivity contribution in [3.63, 3.8) is 0 Å². The maximum atomic E-state index is 12.7. The average molecular weight is 210 g/mol. The minimum Gasteiger partial charge on any atom is -0.325 e. The Morgan fingerprint density at radius 2 is 1.93 bits per heavy atom. The van der Waals surface area contributed by atoms with Gasteiger partial charge in [0, 0.05) is 11.8 Å². The number of nitrogens with zero attached hydrogens (tertiary/aromatic N) is 1. The number of hydrogen-bond acceptors (Lipinski definition) is 2. The van der Waals surface area contributed by atoms with E-state index in [4.69, 9.17) is 5.26 Å². The zero-order valence-electron chi connectivity index (χ0n) is 7.92. The van der Waals surface area contributed by atoms with Crippen LogP contribution in [0, 0.1) is 28.9 Å². The number of nitriles is 1. The third-order valence-electron chi connectivity index (χ3n) is 1.72. The molecule has 0 aromatic heterocycles. The van der Waals surface area contributed by atoms with Gasteiger partial charge in [0.25, 0.3) is 0 Å². The van der Waals surface area contributed by atoms with E-state index in [9.17, 15) is 13.6 Å². The normalized spacial score (nSPS) is 11.6. The number of hydrogen-bond donors (Lipinski definition) is 1. The fraction of sp³-hybridized carbons (Fsp3) is 0.200. The monoisotopic (exact) mass is 210 g/mol. The van der Waals surface area contributed by atoms with E-state index in [0.29, 0.717) is 6.07 Å². The summed E-state index contributed by atoms with van der Waals surface area (Å²) < 4.78 is 25.4. The van der Waals surface area contributed by atoms with Crippen LogP contribution in [0.25, 0.3) is 0 Å². The number of carbonyl (C=O) groups excluding carboxylic acids is 1. The molecule has 1 unspecified atom stereocenters. The first-order chi connectivity index (χ1) is 7.02. The van der Waals surface area contributed by atoms with E-state index in [0.717, 1.165) is 12.1 Å². The molecule has 0 aliphatic heterocycles. The third kappa shape index (κ3) is 3.02. The van der Waals surface area contributed by atoms with E-state index in [1.54, 1.807) is 6.07 Å². The van der Waals surface area contributed by atoms with Crippen LogP contribution in [0.1, 0.15) is 6.92 Å². The summed E-state index contributed by atoms with van der Waals surface area (Å²) in [5.74, 6) is -3.02. The lowest BCUT2D eigenvalue weighted by atomic mass is 10.2. The smallest absolute Gasteiger partial charge is 0.241 e. The Labute approximate surface area is 85.3 Å². The average Bonchev–Trinajstić information content (AvgIpc) is 2.14. The molecule has 0 saturated carbocycles. The molecule has 0 aliphatic carbocycles. The Morgan fingerprint density at radius 3 is 2.40 bits per heavy atom. The van der Waals surface area contributed by atoms with Gasteiger partial charge in [0.15, 0.2) is 0 Å². The highest BCUT2D eigenvalue weighted by Crippen LogP contribution is 2.13. The summed E-state index contributed by atoms with van der Waals surface area (Å²) in [7, 11) is 0. The van der Waals surface area contributed by atoms with Gasteiger partial charge in [0.2, 0.25) is 5.91 Å². The summed E-state index contributed by atoms with van der Waals surface area (Å²) in [5, 5.41) is 10.7. The second-order valence-electron chi connectivity index (χ2n) is 3.00. The number of anilines is 1. The molecule has 3 nitrogen and oxygen atoms in total. The molecule has 0 spiro atoms. The maximum absolute atomic E-state index is 12.7. The van der Waals surface area contributed by atoms with Gasteiger partial charge < -0.3 is 5.32 Å². The molecule has 0 heterocycles. The van der Waals surface area contributed by atoms with Crippen molar-refractivity contribution in [2.24, 2.45) is 5.92 Å². The molecule has 1 aromatic carbocycles. The van der Waals surface area contributed by atoms with Crippen LogP contribution < -0.4 is 5.32 Å². The van der Waals surface area contributed by atoms with Crippen LogP contribution in [0.4, 0.5) is 14.5 Å². The predicted molar refractivity (Wildman–Crippen MR) is 49.8 cm³/mol. The van der Waals surface area contributed by atoms with Crippen molar-refractivity contribution >= 4 is 11.6 Å². The van der Waals surface area contributed by atoms with E-state index in [1.165, 1.54) is 6.92 Å². The van der Waals surface area contributed by atoms with Gasteiger partial charge >= 0.3 is 0 Å². The highest BCUT2D eigenvalue weighted by atomic mass is 19.1. The van der Waals surface area contributed by atoms with Crippen molar-refractivity contribution in [1.82, 2.24) is 0 Å². The van der Waals surface area contributed by atoms with E-state index >= 15 is 0 Å². The Morgan fingerprint density at radius 1 is 1.40 bits per heavy atom. The predicted octanol–water partition coefficient (Wildman–Crippen LogP) is 2.06. The van der Waals surface area contributed by atoms with E-state index in [1.807, 2.05) is 0 Å². The van der Waals surface area contributed by atoms with Crippen molar-refractivity contribution in [3.8, 4) is 6.07 Å². The van der Waals surface area contributed by atoms with Crippen LogP contribution in [-0.2, 0) is 4.79 Å². The summed E-state index contributed by atoms with van der Waals surface area (Å²) in [5.41, 5.74) is -0.000370. The van der Waals surface area contributed by atoms with Crippen molar-refractivity contribution in [1.29, 1.82) is 5.26 Å². The highest BCUT2D eigenvalue weighted by molar-refractivity contribution is 5.93. The maximum Gasteiger partial charge on any atom is 0.241 e. The van der Waals surface area contributed by atoms with E-state index in [2.05, 4.69) is 5.32 Å². The molecule has 1 amide bonds. The zero-order chi connectivity index (χ0) is 11.4. The lowest BCUT2D eigenvalue weighted by Gasteiger charge is -2.06. The minimum absolute atomic E-state index is 0.000370. The Balaban J connectivity index is 2.82. The lowest BCUT2D eigenvalue weighted by Crippen LogP contribution is -2.19. The van der Waals surface area contributed by atoms with Crippen LogP contribution >= 0.6 is 0 Å². The van der Waals surface area contributed by atoms with Crippen LogP contribution in [0.2, 0.25) is 0 Å². The van der Waals surface area contributed by atoms with Crippen molar-refractivity contribution in [2.75, 3.05) is 5.32 Å². The molecule has 0 fully saturated rings. The topological polar surface area (TPSA) is 52.9 Å². The summed E-state index contributed by atoms with van der Waals surface area (Å²) >= 11 is 0. The molecule has 5 heteroatoms. The molecule has 1 N–H and O–H groups in total. The molecule has 1 atom stereocenters. The second kappa shape index (κ2) is 4.51. The first-order valence-electron chi connectivity index (χ1n) is 4.19. The molecule has 0 bridgehead atoms. The zero-order valence-corrected chi connectivity index (χ0v) is 7.92. The first-order valence-corrected chi connectivity index (χ1v) is 4.19. The van der Waals surface area contributed by atoms with Gasteiger partial charge in [0.1, 0.15) is 17.6 Å². The highest BCUT2D eigenvalue weighted by Gasteiger charge is 2.12. The number of amides is 1. The molecule has 0 aliphatic rings. The Bertz CT molecular complexity index is 406. The molecule has 1 aromatic rings. The van der Waals surface area contributed by atoms with Crippen LogP contribution in [0.5, 0.6) is 0 Å². The number of nitrogens with one attached hydrogen (secondary N) is 1. The first kappa shape index (κ1) is 11.1. The number of benzene rings is 1. The fourth-order valence-electron chi connectivity index (χ4n) is 0.935. The molecule has 78 valence electrons. The van der Waals surface area contributed by atoms with Crippen LogP contribution in [0.15, 0.2) is 18.2 Å². The standard InChI is InChI=1S/C10H8F2N2O/c1-6(5-13)10(15)14-9-3-7(11)2-8(12)4-9/h2-4,6H,1H3,(H,14,15). The van der Waals surface area contributed by atoms with Gasteiger partial charge in [-0.15, -0.1) is 0 Å². The quantitative estimate of drug-likeness (QED) is 0.812. The third-order valence-corrected chi connectivity index (χ3v) is 1.72. The molecular weight excluding hydrogens is 202 g/mol. The van der Waals surface area contributed by atoms with E-state index in [-0.39, 0.29) is 5.69 Å². The largest absolute Gasteiger partial charge is 0.325 e. The van der Waals surface area contributed by atoms with Gasteiger partial charge in [-0.05, 0) is 19.1 Å². The SMILES string of the molecule is CC(C#N)C(=O)Nc1cc(F)cc(F)c1. The second-order valence-corrected chi connectivity index (χ2v) is 3.00. The van der Waals surface area contributed by atoms with E-state index < -0.39 is 23.5 Å². The Hall–Kier alpha value is -1.96. The van der Waals surface area contributed by atoms with Crippen molar-refractivity contribution in [3.05, 3.63) is 29.8 Å².